The summed E-state index contributed by atoms with van der Waals surface area (Å²) in [6.45, 7) is 0. The number of halogens is 3. The summed E-state index contributed by atoms with van der Waals surface area (Å²) in [5.74, 6) is 0. The van der Waals surface area contributed by atoms with Gasteiger partial charge in [-0.2, -0.15) is 0 Å². The fraction of sp³-hybridized carbons (Fsp3) is 0. The average molecular weight is 645 g/mol. The van der Waals surface area contributed by atoms with Gasteiger partial charge in [-0.1, -0.05) is 48.5 Å². The van der Waals surface area contributed by atoms with Gasteiger partial charge in [0.15, 0.2) is 18.1 Å². The van der Waals surface area contributed by atoms with Crippen molar-refractivity contribution in [2.45, 2.75) is 0 Å². The fourth-order valence-electron chi connectivity index (χ4n) is 3.20. The molecule has 0 aliphatic heterocycles. The van der Waals surface area contributed by atoms with Crippen molar-refractivity contribution >= 4 is 56.3 Å². The molecule has 0 amide bonds. The molecule has 0 bridgehead atoms. The van der Waals surface area contributed by atoms with Crippen molar-refractivity contribution in [3.05, 3.63) is 109 Å². The third-order valence-electron chi connectivity index (χ3n) is 4.27. The van der Waals surface area contributed by atoms with Gasteiger partial charge in [-0.25, -0.2) is 9.97 Å². The summed E-state index contributed by atoms with van der Waals surface area (Å²) >= 11 is -1.79. The Bertz CT molecular complexity index is 825. The van der Waals surface area contributed by atoms with Gasteiger partial charge in [0.2, 0.25) is 0 Å². The van der Waals surface area contributed by atoms with Gasteiger partial charge < -0.3 is 0 Å². The third kappa shape index (κ3) is 5.48. The van der Waals surface area contributed by atoms with Crippen LogP contribution in [0.1, 0.15) is 0 Å². The quantitative estimate of drug-likeness (QED) is 0.227. The van der Waals surface area contributed by atoms with Crippen molar-refractivity contribution in [2.75, 3.05) is 0 Å². The van der Waals surface area contributed by atoms with Gasteiger partial charge in [0.1, 0.15) is 10.6 Å². The molecule has 7 heteroatoms. The summed E-state index contributed by atoms with van der Waals surface area (Å²) in [5.41, 5.74) is 2.15. The number of pyridine rings is 2. The van der Waals surface area contributed by atoms with E-state index in [1.165, 1.54) is 10.6 Å². The Labute approximate surface area is 189 Å². The standard InChI is InChI=1S/C22H18N2P.Au.3ClH/c1-3-11-19(12-4-1)25(20-13-5-2-6-14-20,21-15-7-9-17-23-21)22-16-8-10-18-24-22;;;;/h1-18H;;3*1H/q+1;+3;;;/p-3. The molecule has 0 saturated heterocycles. The predicted octanol–water partition coefficient (Wildman–Crippen LogP) is 5.16. The van der Waals surface area contributed by atoms with E-state index < -0.39 is 22.5 Å². The fourth-order valence-corrected chi connectivity index (χ4v) is 7.13. The maximum Gasteiger partial charge on any atom is 0.199 e. The Balaban J connectivity index is 0.000000552. The molecule has 152 valence electrons. The van der Waals surface area contributed by atoms with E-state index >= 15 is 0 Å². The first-order valence-corrected chi connectivity index (χ1v) is 18.4. The van der Waals surface area contributed by atoms with Crippen LogP contribution in [0.25, 0.3) is 0 Å². The molecule has 2 aromatic heterocycles. The second kappa shape index (κ2) is 11.2. The minimum absolute atomic E-state index is 1.08. The van der Waals surface area contributed by atoms with Crippen LogP contribution in [0, 0.1) is 0 Å². The molecule has 0 atom stereocenters. The molecule has 0 saturated carbocycles. The molecule has 0 aliphatic rings. The van der Waals surface area contributed by atoms with Gasteiger partial charge >= 0.3 is 42.8 Å². The van der Waals surface area contributed by atoms with Gasteiger partial charge in [-0.15, -0.1) is 0 Å². The number of hydrogen-bond donors (Lipinski definition) is 0. The normalized spacial score (nSPS) is 11.2. The molecular weight excluding hydrogens is 627 g/mol. The summed E-state index contributed by atoms with van der Waals surface area (Å²) < 4.78 is 0. The zero-order chi connectivity index (χ0) is 20.5. The maximum atomic E-state index is 4.95. The van der Waals surface area contributed by atoms with E-state index in [9.17, 15) is 0 Å². The van der Waals surface area contributed by atoms with Crippen molar-refractivity contribution in [3.63, 3.8) is 0 Å². The van der Waals surface area contributed by atoms with Crippen LogP contribution in [0.4, 0.5) is 0 Å². The first-order chi connectivity index (χ1) is 14.2. The molecule has 2 nitrogen and oxygen atoms in total. The zero-order valence-corrected chi connectivity index (χ0v) is 20.5. The smallest absolute Gasteiger partial charge is 0.199 e. The molecule has 0 spiro atoms. The van der Waals surface area contributed by atoms with Crippen molar-refractivity contribution in [1.29, 1.82) is 0 Å². The molecule has 4 aromatic rings. The first kappa shape index (κ1) is 22.5. The van der Waals surface area contributed by atoms with Crippen molar-refractivity contribution in [1.82, 2.24) is 9.97 Å². The van der Waals surface area contributed by atoms with Gasteiger partial charge in [-0.05, 0) is 36.4 Å². The molecule has 29 heavy (non-hydrogen) atoms. The number of aromatic nitrogens is 2. The zero-order valence-electron chi connectivity index (χ0n) is 15.2. The summed E-state index contributed by atoms with van der Waals surface area (Å²) in [4.78, 5) is 9.58. The molecule has 0 fully saturated rings. The summed E-state index contributed by atoms with van der Waals surface area (Å²) in [6.07, 6.45) is 3.75. The SMILES string of the molecule is [Cl][Au]([Cl])[Cl].c1ccc([P+](c2ccccc2)(c2ccccn2)c2ccccn2)cc1. The summed E-state index contributed by atoms with van der Waals surface area (Å²) in [7, 11) is 12.7. The van der Waals surface area contributed by atoms with E-state index in [0.717, 1.165) is 10.9 Å². The average Bonchev–Trinajstić information content (AvgIpc) is 2.77. The molecule has 0 unspecified atom stereocenters. The summed E-state index contributed by atoms with van der Waals surface area (Å²) in [6, 6.07) is 33.6. The Morgan fingerprint density at radius 2 is 0.862 bits per heavy atom. The Morgan fingerprint density at radius 1 is 0.517 bits per heavy atom. The van der Waals surface area contributed by atoms with Crippen LogP contribution in [0.15, 0.2) is 109 Å². The van der Waals surface area contributed by atoms with Gasteiger partial charge in [0.25, 0.3) is 0 Å². The number of rotatable bonds is 4. The third-order valence-corrected chi connectivity index (χ3v) is 8.32. The largest absolute Gasteiger partial charge is 0.221 e. The van der Waals surface area contributed by atoms with Crippen molar-refractivity contribution in [2.24, 2.45) is 0 Å². The topological polar surface area (TPSA) is 25.8 Å². The number of hydrogen-bond acceptors (Lipinski definition) is 2. The molecule has 0 aliphatic carbocycles. The Morgan fingerprint density at radius 3 is 1.17 bits per heavy atom. The van der Waals surface area contributed by atoms with E-state index in [-0.39, 0.29) is 0 Å². The second-order valence-electron chi connectivity index (χ2n) is 5.85. The Kier molecular flexibility index (Phi) is 8.71. The summed E-state index contributed by atoms with van der Waals surface area (Å²) in [5, 5.41) is 2.53. The maximum absolute atomic E-state index is 4.95. The van der Waals surface area contributed by atoms with E-state index in [1.54, 1.807) is 0 Å². The van der Waals surface area contributed by atoms with Gasteiger partial charge in [0, 0.05) is 24.5 Å². The van der Waals surface area contributed by atoms with Gasteiger partial charge in [-0.3, -0.25) is 0 Å². The van der Waals surface area contributed by atoms with E-state index in [1.807, 2.05) is 24.5 Å². The molecule has 2 aromatic carbocycles. The van der Waals surface area contributed by atoms with E-state index in [4.69, 9.17) is 37.5 Å². The first-order valence-electron chi connectivity index (χ1n) is 8.60. The predicted molar refractivity (Wildman–Crippen MR) is 124 cm³/mol. The van der Waals surface area contributed by atoms with Crippen LogP contribution in [0.5, 0.6) is 0 Å². The van der Waals surface area contributed by atoms with E-state index in [2.05, 4.69) is 84.9 Å². The molecule has 2 heterocycles. The molecule has 0 radical (unpaired) electrons. The van der Waals surface area contributed by atoms with Crippen molar-refractivity contribution < 1.29 is 15.2 Å². The van der Waals surface area contributed by atoms with Crippen LogP contribution >= 0.6 is 34.8 Å². The van der Waals surface area contributed by atoms with Crippen LogP contribution in [-0.2, 0) is 15.2 Å². The van der Waals surface area contributed by atoms with E-state index in [0.29, 0.717) is 0 Å². The van der Waals surface area contributed by atoms with Crippen LogP contribution < -0.4 is 21.5 Å². The Hall–Kier alpha value is -1.22. The second-order valence-corrected chi connectivity index (χ2v) is 18.5. The minimum Gasteiger partial charge on any atom is -0.221 e. The molecule has 0 N–H and O–H groups in total. The van der Waals surface area contributed by atoms with Crippen molar-refractivity contribution in [3.8, 4) is 0 Å². The number of benzene rings is 2. The minimum atomic E-state index is -2.13. The van der Waals surface area contributed by atoms with Crippen LogP contribution in [-0.4, -0.2) is 9.97 Å². The van der Waals surface area contributed by atoms with Crippen LogP contribution in [0.2, 0.25) is 0 Å². The molecule has 4 rings (SSSR count). The number of nitrogens with zero attached hydrogens (tertiary/aromatic N) is 2. The van der Waals surface area contributed by atoms with Gasteiger partial charge in [0.05, 0.1) is 0 Å². The monoisotopic (exact) mass is 643 g/mol. The van der Waals surface area contributed by atoms with Crippen LogP contribution in [0.3, 0.4) is 0 Å². The molecular formula is C22H18AuCl3N2P+.